The number of pyridine rings is 3. The zero-order chi connectivity index (χ0) is 61.3. The van der Waals surface area contributed by atoms with Crippen LogP contribution in [0.3, 0.4) is 0 Å². The van der Waals surface area contributed by atoms with Crippen LogP contribution in [-0.2, 0) is 29.1 Å². The van der Waals surface area contributed by atoms with Crippen LogP contribution < -0.4 is 33.9 Å². The molecule has 12 nitrogen and oxygen atoms in total. The van der Waals surface area contributed by atoms with Crippen molar-refractivity contribution in [1.82, 2.24) is 15.0 Å². The Hall–Kier alpha value is -6.97. The largest absolute Gasteiger partial charge is 0.586 e. The van der Waals surface area contributed by atoms with Crippen LogP contribution in [0.15, 0.2) is 147 Å². The Morgan fingerprint density at radius 2 is 0.881 bits per heavy atom. The Bertz CT molecular complexity index is 3480. The van der Waals surface area contributed by atoms with Crippen molar-refractivity contribution in [3.05, 3.63) is 210 Å². The van der Waals surface area contributed by atoms with Gasteiger partial charge in [-0.2, -0.15) is 0 Å². The number of benzene rings is 5. The van der Waals surface area contributed by atoms with Crippen LogP contribution in [-0.4, -0.2) is 51.0 Å². The first-order chi connectivity index (χ1) is 39.5. The van der Waals surface area contributed by atoms with Crippen molar-refractivity contribution in [2.45, 2.75) is 85.2 Å². The Kier molecular flexibility index (Phi) is 21.1. The number of aryl methyl sites for hydroxylation is 2. The van der Waals surface area contributed by atoms with Crippen LogP contribution >= 0.6 is 47.8 Å². The minimum Gasteiger partial charge on any atom is -0.473 e. The van der Waals surface area contributed by atoms with Crippen molar-refractivity contribution < 1.29 is 86.7 Å². The lowest BCUT2D eigenvalue weighted by molar-refractivity contribution is -0.287. The summed E-state index contributed by atoms with van der Waals surface area (Å²) in [6.07, 6.45) is -2.55. The molecule has 0 amide bonds. The number of rotatable bonds is 9. The normalized spacial score (nSPS) is 15.0. The van der Waals surface area contributed by atoms with E-state index in [-0.39, 0.29) is 58.8 Å². The zero-order valence-electron chi connectivity index (χ0n) is 44.9. The number of aliphatic hydroxyl groups is 1. The maximum Gasteiger partial charge on any atom is 0.586 e. The summed E-state index contributed by atoms with van der Waals surface area (Å²) >= 11 is 9.70. The highest BCUT2D eigenvalue weighted by Gasteiger charge is 2.53. The number of aliphatic hydroxyl groups excluding tert-OH is 1. The third-order valence-corrected chi connectivity index (χ3v) is 14.0. The molecule has 0 unspecified atom stereocenters. The first-order valence-corrected chi connectivity index (χ1v) is 27.1. The molecule has 8 aromatic rings. The van der Waals surface area contributed by atoms with Crippen molar-refractivity contribution in [3.8, 4) is 45.9 Å². The van der Waals surface area contributed by atoms with Gasteiger partial charge in [-0.3, -0.25) is 0 Å². The number of ether oxygens (including phenoxy) is 6. The van der Waals surface area contributed by atoms with Crippen LogP contribution in [0, 0.1) is 48.8 Å². The van der Waals surface area contributed by atoms with Gasteiger partial charge in [-0.1, -0.05) is 18.2 Å². The van der Waals surface area contributed by atoms with Crippen LogP contribution in [0.4, 0.5) is 43.9 Å². The van der Waals surface area contributed by atoms with Gasteiger partial charge >= 0.3 is 19.7 Å². The molecule has 3 aromatic heterocycles. The van der Waals surface area contributed by atoms with Gasteiger partial charge < -0.3 is 42.8 Å². The molecule has 0 saturated carbocycles. The highest BCUT2D eigenvalue weighted by Crippen LogP contribution is 2.45. The fourth-order valence-electron chi connectivity index (χ4n) is 7.49. The summed E-state index contributed by atoms with van der Waals surface area (Å²) in [4.78, 5) is 12.0. The summed E-state index contributed by atoms with van der Waals surface area (Å²) in [5.41, 5.74) is 1.78. The second kappa shape index (κ2) is 27.4. The Morgan fingerprint density at radius 1 is 0.488 bits per heavy atom. The fraction of sp³-hybridized carbons (Fsp3) is 0.224. The molecule has 0 aliphatic carbocycles. The molecule has 0 radical (unpaired) electrons. The third-order valence-electron chi connectivity index (χ3n) is 12.6. The van der Waals surface area contributed by atoms with Crippen LogP contribution in [0.2, 0.25) is 0 Å². The van der Waals surface area contributed by atoms with E-state index in [0.29, 0.717) is 28.0 Å². The predicted octanol–water partition coefficient (Wildman–Crippen LogP) is 15.6. The molecule has 1 saturated heterocycles. The summed E-state index contributed by atoms with van der Waals surface area (Å²) in [6, 6.07) is 26.9. The second-order valence-electron chi connectivity index (χ2n) is 19.0. The van der Waals surface area contributed by atoms with Gasteiger partial charge in [0.25, 0.3) is 0 Å². The second-order valence-corrected chi connectivity index (χ2v) is 21.7. The number of aromatic nitrogens is 3. The summed E-state index contributed by atoms with van der Waals surface area (Å²) in [6.45, 7) is 10.2. The molecule has 1 N–H and O–H groups in total. The van der Waals surface area contributed by atoms with E-state index in [2.05, 4.69) is 81.7 Å². The number of halogens is 13. The van der Waals surface area contributed by atoms with E-state index < -0.39 is 72.4 Å². The highest BCUT2D eigenvalue weighted by molar-refractivity contribution is 9.11. The van der Waals surface area contributed by atoms with Crippen molar-refractivity contribution in [3.63, 3.8) is 0 Å². The van der Waals surface area contributed by atoms with E-state index >= 15 is 0 Å². The summed E-state index contributed by atoms with van der Waals surface area (Å²) in [5, 5.41) is 8.42. The van der Waals surface area contributed by atoms with Gasteiger partial charge in [0, 0.05) is 50.8 Å². The lowest BCUT2D eigenvalue weighted by Crippen LogP contribution is -2.41. The van der Waals surface area contributed by atoms with Gasteiger partial charge in [0.2, 0.25) is 11.8 Å². The molecule has 0 spiro atoms. The third kappa shape index (κ3) is 16.9. The Labute approximate surface area is 500 Å². The van der Waals surface area contributed by atoms with Gasteiger partial charge in [0.05, 0.1) is 28.9 Å². The van der Waals surface area contributed by atoms with Gasteiger partial charge in [0.15, 0.2) is 23.0 Å². The molecular weight excluding hydrogens is 1320 g/mol. The molecule has 26 heteroatoms. The average Bonchev–Trinajstić information content (AvgIpc) is 2.00. The molecule has 3 aliphatic rings. The smallest absolute Gasteiger partial charge is 0.473 e. The van der Waals surface area contributed by atoms with Crippen molar-refractivity contribution in [2.24, 2.45) is 0 Å². The van der Waals surface area contributed by atoms with Crippen LogP contribution in [0.1, 0.15) is 55.5 Å². The maximum atomic E-state index is 13.6. The number of hydrogen-bond acceptors (Lipinski definition) is 12. The molecular formula is C58H47BBr3F10N3O9. The van der Waals surface area contributed by atoms with E-state index in [0.717, 1.165) is 43.4 Å². The number of hydrogen-bond donors (Lipinski definition) is 1. The first-order valence-electron chi connectivity index (χ1n) is 24.7. The monoisotopic (exact) mass is 1370 g/mol. The van der Waals surface area contributed by atoms with E-state index in [1.807, 2.05) is 39.8 Å². The van der Waals surface area contributed by atoms with Gasteiger partial charge in [-0.25, -0.2) is 41.3 Å². The Morgan fingerprint density at radius 3 is 1.26 bits per heavy atom. The number of alkyl halides is 4. The van der Waals surface area contributed by atoms with Crippen LogP contribution in [0.5, 0.6) is 34.8 Å². The molecule has 1 fully saturated rings. The molecule has 442 valence electrons. The minimum absolute atomic E-state index is 0.00434. The number of fused-ring (bicyclic) bond motifs is 2. The van der Waals surface area contributed by atoms with Crippen LogP contribution in [0.25, 0.3) is 11.1 Å². The Balaban J connectivity index is 0.000000161. The fourth-order valence-corrected chi connectivity index (χ4v) is 8.20. The molecule has 5 aromatic carbocycles. The molecule has 0 bridgehead atoms. The summed E-state index contributed by atoms with van der Waals surface area (Å²) in [5.74, 6) is -3.67. The highest BCUT2D eigenvalue weighted by atomic mass is 79.9. The molecule has 11 rings (SSSR count). The predicted molar refractivity (Wildman–Crippen MR) is 299 cm³/mol. The van der Waals surface area contributed by atoms with E-state index in [1.54, 1.807) is 44.4 Å². The zero-order valence-corrected chi connectivity index (χ0v) is 49.6. The standard InChI is InChI=1S/C20H13F4NO3.C14H17BF2O4.C12H8BrF2NO.C7H6F2O.C5H3Br2N/c1-11-7-17-18(28-20(23,24)27-17)8-13(11)12-5-6-19(25-9-12)26-10-14-15(21)3-2-4-16(14)22;1-8-6-10-11(19-14(16,17)18-10)7-9(8)15-20-12(2,3)13(4,5)21-15;13-8-4-5-12(16-6-8)17-7-9-10(14)2-1-3-11(9)15;8-6-2-1-3-7(9)5(6)4-10;6-4-1-2-5(7)8-3-4/h2-9H,10H2,1H3;6-7H,1-5H3;1-6H,7H2;1-3,10H,4H2;1-3H. The van der Waals surface area contributed by atoms with Crippen molar-refractivity contribution in [2.75, 3.05) is 0 Å². The van der Waals surface area contributed by atoms with E-state index in [4.69, 9.17) is 23.9 Å². The summed E-state index contributed by atoms with van der Waals surface area (Å²) < 4.78 is 174. The van der Waals surface area contributed by atoms with Crippen molar-refractivity contribution in [1.29, 1.82) is 0 Å². The molecule has 84 heavy (non-hydrogen) atoms. The SMILES string of the molecule is Brc1ccc(Br)nc1.Cc1cc2c(cc1-c1ccc(OCc3c(F)cccc3F)nc1)OC(F)(F)O2.Cc1cc2c(cc1B1OC(C)(C)C(C)(C)O1)OC(F)(F)O2.Fc1cccc(F)c1COc1ccc(Br)cn1.OCc1c(F)cccc1F. The van der Waals surface area contributed by atoms with E-state index in [9.17, 15) is 43.9 Å². The van der Waals surface area contributed by atoms with Crippen molar-refractivity contribution >= 4 is 60.4 Å². The molecule has 6 heterocycles. The average molecular weight is 1370 g/mol. The lowest BCUT2D eigenvalue weighted by atomic mass is 9.76. The lowest BCUT2D eigenvalue weighted by Gasteiger charge is -2.32. The molecule has 0 atom stereocenters. The quantitative estimate of drug-likeness (QED) is 0.0838. The van der Waals surface area contributed by atoms with Gasteiger partial charge in [0.1, 0.15) is 52.7 Å². The first kappa shape index (κ1) is 64.6. The molecule has 3 aliphatic heterocycles. The summed E-state index contributed by atoms with van der Waals surface area (Å²) in [7, 11) is -0.627. The minimum atomic E-state index is -3.69. The van der Waals surface area contributed by atoms with Gasteiger partial charge in [-0.15, -0.1) is 17.6 Å². The number of nitrogens with zero attached hydrogens (tertiary/aromatic N) is 3. The van der Waals surface area contributed by atoms with Gasteiger partial charge in [-0.05, 0) is 196 Å². The maximum absolute atomic E-state index is 13.6. The van der Waals surface area contributed by atoms with E-state index in [1.165, 1.54) is 66.9 Å². The topological polar surface area (TPSA) is 133 Å².